The molecule has 0 saturated heterocycles. The van der Waals surface area contributed by atoms with Crippen molar-refractivity contribution in [2.45, 2.75) is 32.1 Å². The average Bonchev–Trinajstić information content (AvgIpc) is 2.62. The molecule has 1 heterocycles. The lowest BCUT2D eigenvalue weighted by Gasteiger charge is -2.42. The Morgan fingerprint density at radius 3 is 2.86 bits per heavy atom. The maximum absolute atomic E-state index is 3.34. The molecule has 0 radical (unpaired) electrons. The van der Waals surface area contributed by atoms with E-state index in [1.165, 1.54) is 38.6 Å². The Labute approximate surface area is 90.5 Å². The number of hydrogen-bond acceptors (Lipinski definition) is 2. The summed E-state index contributed by atoms with van der Waals surface area (Å²) in [7, 11) is 2.07. The molecule has 0 unspecified atom stereocenters. The average molecular weight is 209 g/mol. The van der Waals surface area contributed by atoms with Gasteiger partial charge >= 0.3 is 0 Å². The van der Waals surface area contributed by atoms with Crippen LogP contribution in [0.3, 0.4) is 0 Å². The van der Waals surface area contributed by atoms with Crippen molar-refractivity contribution in [3.8, 4) is 0 Å². The maximum atomic E-state index is 3.34. The first-order valence-corrected chi connectivity index (χ1v) is 6.40. The fourth-order valence-electron chi connectivity index (χ4n) is 2.41. The van der Waals surface area contributed by atoms with Crippen molar-refractivity contribution >= 4 is 11.3 Å². The van der Waals surface area contributed by atoms with Crippen molar-refractivity contribution in [3.63, 3.8) is 0 Å². The first kappa shape index (κ1) is 10.2. The zero-order valence-electron chi connectivity index (χ0n) is 8.88. The van der Waals surface area contributed by atoms with Crippen molar-refractivity contribution in [1.29, 1.82) is 0 Å². The van der Waals surface area contributed by atoms with Gasteiger partial charge in [-0.05, 0) is 49.6 Å². The standard InChI is InChI=1S/C12H19NS/c1-13-10-12(6-3-7-12)8-5-11-4-2-9-14-11/h2,4,9,13H,3,5-8,10H2,1H3. The van der Waals surface area contributed by atoms with Gasteiger partial charge < -0.3 is 5.32 Å². The van der Waals surface area contributed by atoms with Crippen molar-refractivity contribution in [2.24, 2.45) is 5.41 Å². The normalized spacial score (nSPS) is 19.2. The Morgan fingerprint density at radius 2 is 2.36 bits per heavy atom. The first-order chi connectivity index (χ1) is 6.85. The summed E-state index contributed by atoms with van der Waals surface area (Å²) in [5.41, 5.74) is 0.638. The molecule has 0 bridgehead atoms. The molecule has 1 nitrogen and oxygen atoms in total. The Balaban J connectivity index is 1.83. The summed E-state index contributed by atoms with van der Waals surface area (Å²) in [6.45, 7) is 1.21. The van der Waals surface area contributed by atoms with E-state index in [2.05, 4.69) is 29.9 Å². The van der Waals surface area contributed by atoms with Crippen LogP contribution in [0.2, 0.25) is 0 Å². The van der Waals surface area contributed by atoms with Crippen LogP contribution in [0, 0.1) is 5.41 Å². The highest BCUT2D eigenvalue weighted by molar-refractivity contribution is 7.09. The molecule has 0 aromatic carbocycles. The second-order valence-corrected chi connectivity index (χ2v) is 5.50. The molecule has 1 aromatic heterocycles. The number of aryl methyl sites for hydroxylation is 1. The Kier molecular flexibility index (Phi) is 3.24. The van der Waals surface area contributed by atoms with Gasteiger partial charge in [0.2, 0.25) is 0 Å². The van der Waals surface area contributed by atoms with Gasteiger partial charge in [0.25, 0.3) is 0 Å². The highest BCUT2D eigenvalue weighted by Crippen LogP contribution is 2.44. The van der Waals surface area contributed by atoms with Gasteiger partial charge in [-0.2, -0.15) is 0 Å². The molecule has 1 aliphatic rings. The van der Waals surface area contributed by atoms with Crippen LogP contribution >= 0.6 is 11.3 Å². The van der Waals surface area contributed by atoms with Gasteiger partial charge in [-0.25, -0.2) is 0 Å². The quantitative estimate of drug-likeness (QED) is 0.786. The SMILES string of the molecule is CNCC1(CCc2cccs2)CCC1. The summed E-state index contributed by atoms with van der Waals surface area (Å²) >= 11 is 1.90. The van der Waals surface area contributed by atoms with Crippen molar-refractivity contribution in [2.75, 3.05) is 13.6 Å². The molecule has 0 spiro atoms. The van der Waals surface area contributed by atoms with E-state index in [4.69, 9.17) is 0 Å². The van der Waals surface area contributed by atoms with Gasteiger partial charge in [0.05, 0.1) is 0 Å². The Bertz CT molecular complexity index is 262. The van der Waals surface area contributed by atoms with E-state index in [1.54, 1.807) is 4.88 Å². The van der Waals surface area contributed by atoms with Gasteiger partial charge in [0.15, 0.2) is 0 Å². The monoisotopic (exact) mass is 209 g/mol. The lowest BCUT2D eigenvalue weighted by Crippen LogP contribution is -2.39. The topological polar surface area (TPSA) is 12.0 Å². The molecule has 14 heavy (non-hydrogen) atoms. The van der Waals surface area contributed by atoms with Crippen LogP contribution in [0.4, 0.5) is 0 Å². The van der Waals surface area contributed by atoms with Gasteiger partial charge in [-0.1, -0.05) is 12.5 Å². The van der Waals surface area contributed by atoms with E-state index in [0.717, 1.165) is 0 Å². The number of hydrogen-bond donors (Lipinski definition) is 1. The van der Waals surface area contributed by atoms with E-state index in [9.17, 15) is 0 Å². The van der Waals surface area contributed by atoms with Crippen LogP contribution in [-0.4, -0.2) is 13.6 Å². The van der Waals surface area contributed by atoms with Crippen LogP contribution in [0.1, 0.15) is 30.6 Å². The van der Waals surface area contributed by atoms with Crippen molar-refractivity contribution < 1.29 is 0 Å². The Morgan fingerprint density at radius 1 is 1.50 bits per heavy atom. The molecular formula is C12H19NS. The fraction of sp³-hybridized carbons (Fsp3) is 0.667. The highest BCUT2D eigenvalue weighted by Gasteiger charge is 2.35. The van der Waals surface area contributed by atoms with Crippen molar-refractivity contribution in [1.82, 2.24) is 5.32 Å². The van der Waals surface area contributed by atoms with Crippen LogP contribution in [0.5, 0.6) is 0 Å². The molecule has 0 atom stereocenters. The molecular weight excluding hydrogens is 190 g/mol. The zero-order valence-corrected chi connectivity index (χ0v) is 9.70. The van der Waals surface area contributed by atoms with Crippen molar-refractivity contribution in [3.05, 3.63) is 22.4 Å². The number of thiophene rings is 1. The summed E-state index contributed by atoms with van der Waals surface area (Å²) in [5, 5.41) is 5.53. The number of nitrogens with one attached hydrogen (secondary N) is 1. The van der Waals surface area contributed by atoms with E-state index in [1.807, 2.05) is 11.3 Å². The summed E-state index contributed by atoms with van der Waals surface area (Å²) in [4.78, 5) is 1.55. The van der Waals surface area contributed by atoms with E-state index >= 15 is 0 Å². The van der Waals surface area contributed by atoms with Gasteiger partial charge in [0, 0.05) is 11.4 Å². The molecule has 1 N–H and O–H groups in total. The maximum Gasteiger partial charge on any atom is 0.00454 e. The minimum atomic E-state index is 0.638. The van der Waals surface area contributed by atoms with Gasteiger partial charge in [-0.15, -0.1) is 11.3 Å². The van der Waals surface area contributed by atoms with E-state index in [0.29, 0.717) is 5.41 Å². The zero-order chi connectivity index (χ0) is 9.86. The molecule has 78 valence electrons. The summed E-state index contributed by atoms with van der Waals surface area (Å²) in [5.74, 6) is 0. The highest BCUT2D eigenvalue weighted by atomic mass is 32.1. The molecule has 2 rings (SSSR count). The fourth-order valence-corrected chi connectivity index (χ4v) is 3.12. The summed E-state index contributed by atoms with van der Waals surface area (Å²) in [6, 6.07) is 4.42. The van der Waals surface area contributed by atoms with Gasteiger partial charge in [-0.3, -0.25) is 0 Å². The molecule has 1 aromatic rings. The first-order valence-electron chi connectivity index (χ1n) is 5.52. The molecule has 0 amide bonds. The van der Waals surface area contributed by atoms with Crippen LogP contribution < -0.4 is 5.32 Å². The predicted molar refractivity (Wildman–Crippen MR) is 62.9 cm³/mol. The molecule has 1 aliphatic carbocycles. The summed E-state index contributed by atoms with van der Waals surface area (Å²) < 4.78 is 0. The Hall–Kier alpha value is -0.340. The lowest BCUT2D eigenvalue weighted by molar-refractivity contribution is 0.121. The third kappa shape index (κ3) is 2.18. The number of rotatable bonds is 5. The molecule has 1 fully saturated rings. The van der Waals surface area contributed by atoms with Crippen LogP contribution in [0.25, 0.3) is 0 Å². The smallest absolute Gasteiger partial charge is 0.00454 e. The third-order valence-electron chi connectivity index (χ3n) is 3.45. The minimum Gasteiger partial charge on any atom is -0.319 e. The van der Waals surface area contributed by atoms with Crippen LogP contribution in [-0.2, 0) is 6.42 Å². The summed E-state index contributed by atoms with van der Waals surface area (Å²) in [6.07, 6.45) is 6.94. The largest absolute Gasteiger partial charge is 0.319 e. The molecule has 0 aliphatic heterocycles. The molecule has 2 heteroatoms. The van der Waals surface area contributed by atoms with E-state index in [-0.39, 0.29) is 0 Å². The second-order valence-electron chi connectivity index (χ2n) is 4.46. The van der Waals surface area contributed by atoms with Gasteiger partial charge in [0.1, 0.15) is 0 Å². The molecule has 1 saturated carbocycles. The van der Waals surface area contributed by atoms with Crippen LogP contribution in [0.15, 0.2) is 17.5 Å². The third-order valence-corrected chi connectivity index (χ3v) is 4.38. The lowest BCUT2D eigenvalue weighted by atomic mass is 9.66. The second kappa shape index (κ2) is 4.45. The minimum absolute atomic E-state index is 0.638. The predicted octanol–water partition coefficient (Wildman–Crippen LogP) is 3.07. The van der Waals surface area contributed by atoms with E-state index < -0.39 is 0 Å².